The van der Waals surface area contributed by atoms with Gasteiger partial charge in [-0.25, -0.2) is 0 Å². The molecule has 0 bridgehead atoms. The maximum Gasteiger partial charge on any atom is 0.308 e. The first-order valence-electron chi connectivity index (χ1n) is 4.52. The standard InChI is InChI=1S/C11H12NO3/c1-8(14)15-11-4-2-9(3-5-11)6-10(12)7-13/h2-5,10H,6,12H2,1H3. The Kier molecular flexibility index (Phi) is 4.00. The molecule has 0 fully saturated rings. The van der Waals surface area contributed by atoms with E-state index in [0.717, 1.165) is 5.56 Å². The fraction of sp³-hybridized carbons (Fsp3) is 0.273. The first kappa shape index (κ1) is 11.4. The van der Waals surface area contributed by atoms with Gasteiger partial charge in [0, 0.05) is 6.92 Å². The monoisotopic (exact) mass is 206 g/mol. The van der Waals surface area contributed by atoms with Crippen molar-refractivity contribution in [1.29, 1.82) is 0 Å². The predicted octanol–water partition coefficient (Wildman–Crippen LogP) is 0.591. The van der Waals surface area contributed by atoms with Crippen molar-refractivity contribution in [3.8, 4) is 5.75 Å². The highest BCUT2D eigenvalue weighted by molar-refractivity contribution is 5.69. The summed E-state index contributed by atoms with van der Waals surface area (Å²) < 4.78 is 4.85. The Morgan fingerprint density at radius 3 is 2.53 bits per heavy atom. The molecule has 2 N–H and O–H groups in total. The highest BCUT2D eigenvalue weighted by Crippen LogP contribution is 2.13. The molecular formula is C11H12NO3. The molecule has 1 aromatic carbocycles. The van der Waals surface area contributed by atoms with Crippen LogP contribution in [0.4, 0.5) is 0 Å². The Labute approximate surface area is 88.0 Å². The van der Waals surface area contributed by atoms with E-state index in [2.05, 4.69) is 0 Å². The van der Waals surface area contributed by atoms with E-state index in [9.17, 15) is 9.59 Å². The topological polar surface area (TPSA) is 69.4 Å². The Balaban J connectivity index is 2.63. The van der Waals surface area contributed by atoms with Crippen LogP contribution in [-0.4, -0.2) is 18.3 Å². The zero-order valence-electron chi connectivity index (χ0n) is 8.40. The number of carbonyl (C=O) groups is 1. The fourth-order valence-corrected chi connectivity index (χ4v) is 1.16. The number of hydrogen-bond donors (Lipinski definition) is 1. The minimum Gasteiger partial charge on any atom is -0.427 e. The first-order valence-corrected chi connectivity index (χ1v) is 4.52. The lowest BCUT2D eigenvalue weighted by Crippen LogP contribution is -2.23. The van der Waals surface area contributed by atoms with Crippen LogP contribution in [-0.2, 0) is 16.0 Å². The van der Waals surface area contributed by atoms with Gasteiger partial charge < -0.3 is 10.5 Å². The van der Waals surface area contributed by atoms with E-state index in [1.807, 2.05) is 0 Å². The molecule has 0 amide bonds. The number of nitrogens with two attached hydrogens (primary N) is 1. The van der Waals surface area contributed by atoms with Crippen LogP contribution >= 0.6 is 0 Å². The van der Waals surface area contributed by atoms with Crippen molar-refractivity contribution in [2.24, 2.45) is 5.73 Å². The Hall–Kier alpha value is -1.68. The van der Waals surface area contributed by atoms with Crippen LogP contribution in [0, 0.1) is 0 Å². The van der Waals surface area contributed by atoms with E-state index in [1.165, 1.54) is 6.92 Å². The van der Waals surface area contributed by atoms with Gasteiger partial charge in [0.1, 0.15) is 5.75 Å². The van der Waals surface area contributed by atoms with Crippen LogP contribution in [0.3, 0.4) is 0 Å². The maximum absolute atomic E-state index is 10.6. The summed E-state index contributed by atoms with van der Waals surface area (Å²) in [6.45, 7) is 1.34. The second-order valence-electron chi connectivity index (χ2n) is 3.17. The third-order valence-electron chi connectivity index (χ3n) is 1.79. The average molecular weight is 206 g/mol. The summed E-state index contributed by atoms with van der Waals surface area (Å²) >= 11 is 0. The first-order chi connectivity index (χ1) is 7.11. The zero-order valence-corrected chi connectivity index (χ0v) is 8.40. The van der Waals surface area contributed by atoms with Gasteiger partial charge in [0.05, 0.1) is 6.04 Å². The van der Waals surface area contributed by atoms with Crippen LogP contribution < -0.4 is 10.5 Å². The van der Waals surface area contributed by atoms with E-state index >= 15 is 0 Å². The molecule has 0 saturated heterocycles. The number of hydrogen-bond acceptors (Lipinski definition) is 4. The van der Waals surface area contributed by atoms with Gasteiger partial charge in [-0.05, 0) is 24.1 Å². The molecule has 0 aliphatic rings. The van der Waals surface area contributed by atoms with Gasteiger partial charge in [-0.3, -0.25) is 9.59 Å². The third-order valence-corrected chi connectivity index (χ3v) is 1.79. The van der Waals surface area contributed by atoms with Gasteiger partial charge in [0.2, 0.25) is 6.29 Å². The highest BCUT2D eigenvalue weighted by atomic mass is 16.5. The molecule has 4 heteroatoms. The maximum atomic E-state index is 10.6. The molecule has 79 valence electrons. The Bertz CT molecular complexity index is 345. The zero-order chi connectivity index (χ0) is 11.3. The van der Waals surface area contributed by atoms with Crippen LogP contribution in [0.15, 0.2) is 24.3 Å². The van der Waals surface area contributed by atoms with Gasteiger partial charge >= 0.3 is 5.97 Å². The van der Waals surface area contributed by atoms with Gasteiger partial charge in [0.15, 0.2) is 0 Å². The summed E-state index contributed by atoms with van der Waals surface area (Å²) in [6.07, 6.45) is 2.14. The fourth-order valence-electron chi connectivity index (χ4n) is 1.16. The summed E-state index contributed by atoms with van der Waals surface area (Å²) in [6, 6.07) is 6.23. The van der Waals surface area contributed by atoms with Gasteiger partial charge in [-0.15, -0.1) is 0 Å². The lowest BCUT2D eigenvalue weighted by Gasteiger charge is -2.05. The minimum absolute atomic E-state index is 0.360. The van der Waals surface area contributed by atoms with Gasteiger partial charge in [-0.2, -0.15) is 0 Å². The van der Waals surface area contributed by atoms with E-state index in [-0.39, 0.29) is 5.97 Å². The van der Waals surface area contributed by atoms with Crippen molar-refractivity contribution in [2.75, 3.05) is 0 Å². The normalized spacial score (nSPS) is 11.9. The molecule has 0 aliphatic carbocycles. The molecule has 0 spiro atoms. The Morgan fingerprint density at radius 2 is 2.07 bits per heavy atom. The van der Waals surface area contributed by atoms with E-state index < -0.39 is 6.04 Å². The second-order valence-corrected chi connectivity index (χ2v) is 3.17. The van der Waals surface area contributed by atoms with E-state index in [0.29, 0.717) is 12.2 Å². The molecule has 4 nitrogen and oxygen atoms in total. The molecule has 0 aliphatic heterocycles. The molecule has 1 aromatic rings. The van der Waals surface area contributed by atoms with E-state index in [1.54, 1.807) is 30.6 Å². The van der Waals surface area contributed by atoms with Crippen molar-refractivity contribution in [3.05, 3.63) is 29.8 Å². The molecule has 0 heterocycles. The molecular weight excluding hydrogens is 194 g/mol. The van der Waals surface area contributed by atoms with Crippen molar-refractivity contribution < 1.29 is 14.3 Å². The lowest BCUT2D eigenvalue weighted by atomic mass is 10.1. The largest absolute Gasteiger partial charge is 0.427 e. The average Bonchev–Trinajstić information content (AvgIpc) is 2.20. The van der Waals surface area contributed by atoms with Gasteiger partial charge in [-0.1, -0.05) is 12.1 Å². The second kappa shape index (κ2) is 5.26. The smallest absolute Gasteiger partial charge is 0.308 e. The van der Waals surface area contributed by atoms with Crippen molar-refractivity contribution in [3.63, 3.8) is 0 Å². The quantitative estimate of drug-likeness (QED) is 0.578. The Morgan fingerprint density at radius 1 is 1.47 bits per heavy atom. The summed E-state index contributed by atoms with van der Waals surface area (Å²) in [5, 5.41) is 0. The molecule has 15 heavy (non-hydrogen) atoms. The lowest BCUT2D eigenvalue weighted by molar-refractivity contribution is -0.131. The molecule has 0 aromatic heterocycles. The number of carbonyl (C=O) groups excluding carboxylic acids is 2. The highest BCUT2D eigenvalue weighted by Gasteiger charge is 2.03. The van der Waals surface area contributed by atoms with Crippen molar-refractivity contribution in [1.82, 2.24) is 0 Å². The molecule has 1 atom stereocenters. The summed E-state index contributed by atoms with van der Waals surface area (Å²) in [5.41, 5.74) is 6.32. The van der Waals surface area contributed by atoms with Crippen LogP contribution in [0.2, 0.25) is 0 Å². The predicted molar refractivity (Wildman–Crippen MR) is 55.1 cm³/mol. The van der Waals surface area contributed by atoms with Crippen LogP contribution in [0.1, 0.15) is 12.5 Å². The number of rotatable bonds is 4. The minimum atomic E-state index is -0.607. The molecule has 1 unspecified atom stereocenters. The molecule has 0 saturated carbocycles. The SMILES string of the molecule is CC(=O)Oc1ccc(CC(N)[C]=O)cc1. The molecule has 1 rings (SSSR count). The number of benzene rings is 1. The number of ether oxygens (including phenoxy) is 1. The third kappa shape index (κ3) is 3.91. The van der Waals surface area contributed by atoms with Gasteiger partial charge in [0.25, 0.3) is 0 Å². The summed E-state index contributed by atoms with van der Waals surface area (Å²) in [7, 11) is 0. The van der Waals surface area contributed by atoms with Crippen molar-refractivity contribution >= 4 is 12.3 Å². The van der Waals surface area contributed by atoms with Crippen LogP contribution in [0.5, 0.6) is 5.75 Å². The van der Waals surface area contributed by atoms with Crippen LogP contribution in [0.25, 0.3) is 0 Å². The van der Waals surface area contributed by atoms with Crippen molar-refractivity contribution in [2.45, 2.75) is 19.4 Å². The summed E-state index contributed by atoms with van der Waals surface area (Å²) in [5.74, 6) is 0.121. The summed E-state index contributed by atoms with van der Waals surface area (Å²) in [4.78, 5) is 20.8. The molecule has 1 radical (unpaired) electrons. The number of esters is 1. The van der Waals surface area contributed by atoms with E-state index in [4.69, 9.17) is 10.5 Å².